The number of ether oxygens (including phenoxy) is 3. The molecule has 0 spiro atoms. The zero-order valence-electron chi connectivity index (χ0n) is 17.9. The monoisotopic (exact) mass is 534 g/mol. The van der Waals surface area contributed by atoms with Crippen molar-refractivity contribution in [3.05, 3.63) is 39.8 Å². The molecule has 0 radical (unpaired) electrons. The SMILES string of the molecule is CCNC(=NCc1cccc(OC)c1OC)N(C)Cc1csc(C(C)OC)n1.I. The molecule has 0 saturated heterocycles. The third-order valence-corrected chi connectivity index (χ3v) is 5.30. The minimum Gasteiger partial charge on any atom is -0.493 e. The first-order valence-corrected chi connectivity index (χ1v) is 10.1. The molecule has 0 saturated carbocycles. The number of nitrogens with zero attached hydrogens (tertiary/aromatic N) is 3. The Balaban J connectivity index is 0.00000420. The smallest absolute Gasteiger partial charge is 0.194 e. The van der Waals surface area contributed by atoms with Gasteiger partial charge in [-0.05, 0) is 19.9 Å². The van der Waals surface area contributed by atoms with Crippen LogP contribution in [0.2, 0.25) is 0 Å². The molecule has 0 aliphatic rings. The number of hydrogen-bond donors (Lipinski definition) is 1. The van der Waals surface area contributed by atoms with E-state index in [4.69, 9.17) is 19.2 Å². The van der Waals surface area contributed by atoms with E-state index in [-0.39, 0.29) is 30.1 Å². The third-order valence-electron chi connectivity index (χ3n) is 4.25. The van der Waals surface area contributed by atoms with Gasteiger partial charge in [-0.1, -0.05) is 12.1 Å². The van der Waals surface area contributed by atoms with Gasteiger partial charge in [0.15, 0.2) is 17.5 Å². The van der Waals surface area contributed by atoms with Crippen LogP contribution < -0.4 is 14.8 Å². The molecule has 0 amide bonds. The minimum absolute atomic E-state index is 0. The van der Waals surface area contributed by atoms with E-state index in [0.29, 0.717) is 24.6 Å². The number of aliphatic imine (C=N–C) groups is 1. The molecule has 2 rings (SSSR count). The Morgan fingerprint density at radius 1 is 1.28 bits per heavy atom. The van der Waals surface area contributed by atoms with Crippen molar-refractivity contribution in [2.45, 2.75) is 33.0 Å². The van der Waals surface area contributed by atoms with Gasteiger partial charge in [-0.25, -0.2) is 9.98 Å². The second-order valence-corrected chi connectivity index (χ2v) is 7.12. The zero-order valence-corrected chi connectivity index (χ0v) is 21.0. The van der Waals surface area contributed by atoms with Crippen LogP contribution in [-0.2, 0) is 17.8 Å². The first-order valence-electron chi connectivity index (χ1n) is 9.20. The zero-order chi connectivity index (χ0) is 20.5. The van der Waals surface area contributed by atoms with E-state index in [9.17, 15) is 0 Å². The van der Waals surface area contributed by atoms with Gasteiger partial charge >= 0.3 is 0 Å². The van der Waals surface area contributed by atoms with E-state index >= 15 is 0 Å². The van der Waals surface area contributed by atoms with E-state index in [1.165, 1.54) is 0 Å². The van der Waals surface area contributed by atoms with Gasteiger partial charge in [-0.2, -0.15) is 0 Å². The summed E-state index contributed by atoms with van der Waals surface area (Å²) in [6, 6.07) is 5.81. The summed E-state index contributed by atoms with van der Waals surface area (Å²) < 4.78 is 16.2. The summed E-state index contributed by atoms with van der Waals surface area (Å²) in [5.41, 5.74) is 1.96. The summed E-state index contributed by atoms with van der Waals surface area (Å²) in [6.45, 7) is 5.97. The molecule has 2 aromatic rings. The van der Waals surface area contributed by atoms with Crippen molar-refractivity contribution in [1.82, 2.24) is 15.2 Å². The molecule has 1 atom stereocenters. The van der Waals surface area contributed by atoms with Gasteiger partial charge in [-0.3, -0.25) is 0 Å². The molecular weight excluding hydrogens is 503 g/mol. The van der Waals surface area contributed by atoms with Crippen molar-refractivity contribution in [1.29, 1.82) is 0 Å². The maximum atomic E-state index is 5.50. The first kappa shape index (κ1) is 25.4. The minimum atomic E-state index is 0. The predicted molar refractivity (Wildman–Crippen MR) is 129 cm³/mol. The first-order chi connectivity index (χ1) is 13.5. The van der Waals surface area contributed by atoms with Crippen molar-refractivity contribution in [3.63, 3.8) is 0 Å². The molecule has 1 N–H and O–H groups in total. The molecule has 0 aliphatic carbocycles. The number of guanidine groups is 1. The highest BCUT2D eigenvalue weighted by atomic mass is 127. The molecule has 7 nitrogen and oxygen atoms in total. The number of benzene rings is 1. The molecule has 29 heavy (non-hydrogen) atoms. The standard InChI is InChI=1S/C20H30N4O3S.HI/c1-7-21-20(22-11-15-9-8-10-17(26-5)18(15)27-6)24(3)12-16-13-28-19(23-16)14(2)25-4;/h8-10,13-14H,7,11-12H2,1-6H3,(H,21,22);1H. The molecule has 1 aromatic carbocycles. The van der Waals surface area contributed by atoms with Gasteiger partial charge in [-0.15, -0.1) is 35.3 Å². The summed E-state index contributed by atoms with van der Waals surface area (Å²) in [7, 11) is 6.97. The highest BCUT2D eigenvalue weighted by Crippen LogP contribution is 2.31. The number of methoxy groups -OCH3 is 3. The van der Waals surface area contributed by atoms with Crippen LogP contribution >= 0.6 is 35.3 Å². The fourth-order valence-corrected chi connectivity index (χ4v) is 3.55. The van der Waals surface area contributed by atoms with Crippen molar-refractivity contribution in [3.8, 4) is 11.5 Å². The lowest BCUT2D eigenvalue weighted by atomic mass is 10.2. The van der Waals surface area contributed by atoms with Crippen LogP contribution in [0.5, 0.6) is 11.5 Å². The summed E-state index contributed by atoms with van der Waals surface area (Å²) >= 11 is 1.62. The maximum Gasteiger partial charge on any atom is 0.194 e. The summed E-state index contributed by atoms with van der Waals surface area (Å²) in [5, 5.41) is 6.38. The van der Waals surface area contributed by atoms with E-state index < -0.39 is 0 Å². The maximum absolute atomic E-state index is 5.50. The fourth-order valence-electron chi connectivity index (χ4n) is 2.71. The van der Waals surface area contributed by atoms with Crippen molar-refractivity contribution < 1.29 is 14.2 Å². The Morgan fingerprint density at radius 2 is 2.03 bits per heavy atom. The molecule has 1 heterocycles. The van der Waals surface area contributed by atoms with Gasteiger partial charge in [0.1, 0.15) is 11.1 Å². The Bertz CT molecular complexity index is 785. The molecule has 0 bridgehead atoms. The van der Waals surface area contributed by atoms with Gasteiger partial charge in [0.25, 0.3) is 0 Å². The van der Waals surface area contributed by atoms with Gasteiger partial charge in [0.2, 0.25) is 0 Å². The molecule has 9 heteroatoms. The third kappa shape index (κ3) is 7.00. The topological polar surface area (TPSA) is 68.2 Å². The quantitative estimate of drug-likeness (QED) is 0.297. The highest BCUT2D eigenvalue weighted by molar-refractivity contribution is 14.0. The number of thiazole rings is 1. The summed E-state index contributed by atoms with van der Waals surface area (Å²) in [6.07, 6.45) is 0.00601. The lowest BCUT2D eigenvalue weighted by Crippen LogP contribution is -2.38. The lowest BCUT2D eigenvalue weighted by Gasteiger charge is -2.21. The van der Waals surface area contributed by atoms with Crippen molar-refractivity contribution >= 4 is 41.3 Å². The highest BCUT2D eigenvalue weighted by Gasteiger charge is 2.14. The van der Waals surface area contributed by atoms with Crippen LogP contribution in [0.15, 0.2) is 28.6 Å². The van der Waals surface area contributed by atoms with Crippen molar-refractivity contribution in [2.75, 3.05) is 34.9 Å². The van der Waals surface area contributed by atoms with E-state index in [2.05, 4.69) is 27.5 Å². The van der Waals surface area contributed by atoms with Crippen LogP contribution in [0.3, 0.4) is 0 Å². The normalized spacial score (nSPS) is 12.1. The van der Waals surface area contributed by atoms with E-state index in [1.807, 2.05) is 32.2 Å². The number of halogens is 1. The second-order valence-electron chi connectivity index (χ2n) is 6.23. The molecule has 0 fully saturated rings. The number of aromatic nitrogens is 1. The van der Waals surface area contributed by atoms with Crippen LogP contribution in [-0.4, -0.2) is 50.8 Å². The summed E-state index contributed by atoms with van der Waals surface area (Å²) in [5.74, 6) is 2.22. The van der Waals surface area contributed by atoms with Gasteiger partial charge in [0, 0.05) is 31.6 Å². The fraction of sp³-hybridized carbons (Fsp3) is 0.500. The summed E-state index contributed by atoms with van der Waals surface area (Å²) in [4.78, 5) is 11.5. The number of hydrogen-bond acceptors (Lipinski definition) is 6. The molecule has 1 aromatic heterocycles. The number of para-hydroxylation sites is 1. The molecule has 0 aliphatic heterocycles. The Labute approximate surface area is 194 Å². The number of rotatable bonds is 9. The lowest BCUT2D eigenvalue weighted by molar-refractivity contribution is 0.119. The Kier molecular flexibility index (Phi) is 11.3. The van der Waals surface area contributed by atoms with Crippen LogP contribution in [0.25, 0.3) is 0 Å². The molecule has 1 unspecified atom stereocenters. The van der Waals surface area contributed by atoms with Gasteiger partial charge in [0.05, 0.1) is 33.0 Å². The Hall–Kier alpha value is -1.59. The average Bonchev–Trinajstić information content (AvgIpc) is 3.18. The van der Waals surface area contributed by atoms with Crippen LogP contribution in [0.1, 0.15) is 36.2 Å². The molecule has 162 valence electrons. The Morgan fingerprint density at radius 3 is 2.66 bits per heavy atom. The van der Waals surface area contributed by atoms with E-state index in [0.717, 1.165) is 28.8 Å². The largest absolute Gasteiger partial charge is 0.493 e. The number of nitrogens with one attached hydrogen (secondary N) is 1. The van der Waals surface area contributed by atoms with Gasteiger partial charge < -0.3 is 24.4 Å². The van der Waals surface area contributed by atoms with Crippen LogP contribution in [0.4, 0.5) is 0 Å². The van der Waals surface area contributed by atoms with E-state index in [1.54, 1.807) is 32.7 Å². The van der Waals surface area contributed by atoms with Crippen molar-refractivity contribution in [2.24, 2.45) is 4.99 Å². The predicted octanol–water partition coefficient (Wildman–Crippen LogP) is 4.08. The average molecular weight is 534 g/mol. The molecular formula is C20H31IN4O3S. The second kappa shape index (κ2) is 12.9. The van der Waals surface area contributed by atoms with Crippen LogP contribution in [0, 0.1) is 0 Å².